The minimum atomic E-state index is 0.373. The van der Waals surface area contributed by atoms with Gasteiger partial charge in [-0.05, 0) is 30.2 Å². The molecule has 0 aromatic heterocycles. The highest BCUT2D eigenvalue weighted by Gasteiger charge is 2.21. The maximum atomic E-state index is 6.10. The number of benzene rings is 2. The summed E-state index contributed by atoms with van der Waals surface area (Å²) in [4.78, 5) is 6.83. The molecule has 0 bridgehead atoms. The molecule has 26 heavy (non-hydrogen) atoms. The molecule has 0 amide bonds. The van der Waals surface area contributed by atoms with Gasteiger partial charge < -0.3 is 25.4 Å². The molecule has 1 aliphatic heterocycles. The molecular formula is C20H26N4O2. The summed E-state index contributed by atoms with van der Waals surface area (Å²) >= 11 is 0. The van der Waals surface area contributed by atoms with Gasteiger partial charge in [0.2, 0.25) is 0 Å². The number of hydrogen-bond donors (Lipinski definition) is 2. The van der Waals surface area contributed by atoms with Gasteiger partial charge in [-0.3, -0.25) is 4.99 Å². The van der Waals surface area contributed by atoms with E-state index >= 15 is 0 Å². The molecule has 2 aromatic rings. The number of guanidine groups is 1. The Hall–Kier alpha value is -2.89. The summed E-state index contributed by atoms with van der Waals surface area (Å²) in [6, 6.07) is 14.0. The van der Waals surface area contributed by atoms with Gasteiger partial charge in [0.25, 0.3) is 0 Å². The van der Waals surface area contributed by atoms with Crippen LogP contribution < -0.4 is 25.4 Å². The Morgan fingerprint density at radius 1 is 1.23 bits per heavy atom. The van der Waals surface area contributed by atoms with Crippen LogP contribution in [0.2, 0.25) is 0 Å². The monoisotopic (exact) mass is 354 g/mol. The van der Waals surface area contributed by atoms with Crippen LogP contribution >= 0.6 is 0 Å². The Balaban J connectivity index is 1.66. The quantitative estimate of drug-likeness (QED) is 0.638. The maximum absolute atomic E-state index is 6.10. The number of nitrogens with one attached hydrogen (secondary N) is 1. The van der Waals surface area contributed by atoms with Gasteiger partial charge >= 0.3 is 0 Å². The van der Waals surface area contributed by atoms with Crippen LogP contribution in [0.5, 0.6) is 11.5 Å². The highest BCUT2D eigenvalue weighted by molar-refractivity contribution is 5.94. The van der Waals surface area contributed by atoms with Gasteiger partial charge in [-0.1, -0.05) is 18.2 Å². The first kappa shape index (κ1) is 17.9. The van der Waals surface area contributed by atoms with E-state index in [4.69, 9.17) is 15.2 Å². The predicted molar refractivity (Wildman–Crippen MR) is 107 cm³/mol. The number of aliphatic imine (C=N–C) groups is 1. The molecule has 0 fully saturated rings. The van der Waals surface area contributed by atoms with Crippen molar-refractivity contribution in [1.82, 2.24) is 0 Å². The number of hydrogen-bond acceptors (Lipinski definition) is 4. The van der Waals surface area contributed by atoms with Crippen molar-refractivity contribution in [2.75, 3.05) is 44.6 Å². The second kappa shape index (κ2) is 7.99. The number of methoxy groups -OCH3 is 2. The number of anilines is 2. The van der Waals surface area contributed by atoms with E-state index in [1.165, 1.54) is 11.3 Å². The van der Waals surface area contributed by atoms with Gasteiger partial charge in [0.05, 0.1) is 19.9 Å². The maximum Gasteiger partial charge on any atom is 0.193 e. The fraction of sp³-hybridized carbons (Fsp3) is 0.350. The summed E-state index contributed by atoms with van der Waals surface area (Å²) in [5, 5.41) is 3.12. The van der Waals surface area contributed by atoms with Crippen molar-refractivity contribution in [1.29, 1.82) is 0 Å². The van der Waals surface area contributed by atoms with Crippen LogP contribution in [-0.4, -0.2) is 40.3 Å². The molecule has 1 aliphatic rings. The second-order valence-corrected chi connectivity index (χ2v) is 6.50. The Bertz CT molecular complexity index is 791. The van der Waals surface area contributed by atoms with Gasteiger partial charge in [0, 0.05) is 37.8 Å². The van der Waals surface area contributed by atoms with Crippen molar-refractivity contribution >= 4 is 17.3 Å². The number of nitrogens with zero attached hydrogens (tertiary/aromatic N) is 2. The highest BCUT2D eigenvalue weighted by atomic mass is 16.5. The summed E-state index contributed by atoms with van der Waals surface area (Å²) in [6.45, 7) is 1.64. The van der Waals surface area contributed by atoms with Crippen LogP contribution in [0.25, 0.3) is 0 Å². The van der Waals surface area contributed by atoms with Crippen LogP contribution in [0.15, 0.2) is 47.5 Å². The second-order valence-electron chi connectivity index (χ2n) is 6.50. The third-order valence-electron chi connectivity index (χ3n) is 4.63. The van der Waals surface area contributed by atoms with E-state index < -0.39 is 0 Å². The lowest BCUT2D eigenvalue weighted by Crippen LogP contribution is -2.34. The first-order valence-corrected chi connectivity index (χ1v) is 8.68. The Morgan fingerprint density at radius 2 is 2.04 bits per heavy atom. The smallest absolute Gasteiger partial charge is 0.193 e. The Kier molecular flexibility index (Phi) is 5.51. The number of ether oxygens (including phenoxy) is 2. The summed E-state index contributed by atoms with van der Waals surface area (Å²) in [7, 11) is 5.37. The lowest BCUT2D eigenvalue weighted by Gasteiger charge is -2.32. The predicted octanol–water partition coefficient (Wildman–Crippen LogP) is 2.74. The molecule has 138 valence electrons. The lowest BCUT2D eigenvalue weighted by atomic mass is 9.93. The van der Waals surface area contributed by atoms with Crippen molar-refractivity contribution in [3.63, 3.8) is 0 Å². The van der Waals surface area contributed by atoms with E-state index in [1.54, 1.807) is 14.2 Å². The molecule has 6 heteroatoms. The van der Waals surface area contributed by atoms with Crippen molar-refractivity contribution in [3.05, 3.63) is 48.0 Å². The van der Waals surface area contributed by atoms with Crippen LogP contribution in [0, 0.1) is 5.92 Å². The number of rotatable bonds is 5. The van der Waals surface area contributed by atoms with Crippen LogP contribution in [0.1, 0.15) is 5.56 Å². The standard InChI is InChI=1S/C20H26N4O2/c1-24-13-14(10-15-6-4-5-7-18(15)24)12-22-20(21)23-17-11-16(25-2)8-9-19(17)26-3/h4-9,11,14H,10,12-13H2,1-3H3,(H3,21,22,23). The SMILES string of the molecule is COc1ccc(OC)c(NC(N)=NCC2Cc3ccccc3N(C)C2)c1. The summed E-state index contributed by atoms with van der Waals surface area (Å²) in [6.07, 6.45) is 1.01. The van der Waals surface area contributed by atoms with Gasteiger partial charge in [0.1, 0.15) is 11.5 Å². The zero-order chi connectivity index (χ0) is 18.5. The van der Waals surface area contributed by atoms with Crippen LogP contribution in [0.3, 0.4) is 0 Å². The summed E-state index contributed by atoms with van der Waals surface area (Å²) < 4.78 is 10.6. The molecule has 6 nitrogen and oxygen atoms in total. The van der Waals surface area contributed by atoms with Crippen molar-refractivity contribution < 1.29 is 9.47 Å². The first-order valence-electron chi connectivity index (χ1n) is 8.68. The average Bonchev–Trinajstić information content (AvgIpc) is 2.66. The van der Waals surface area contributed by atoms with Crippen molar-refractivity contribution in [2.24, 2.45) is 16.6 Å². The van der Waals surface area contributed by atoms with Gasteiger partial charge in [-0.2, -0.15) is 0 Å². The minimum Gasteiger partial charge on any atom is -0.497 e. The highest BCUT2D eigenvalue weighted by Crippen LogP contribution is 2.29. The molecule has 0 spiro atoms. The molecule has 0 saturated carbocycles. The molecule has 3 N–H and O–H groups in total. The minimum absolute atomic E-state index is 0.373. The van der Waals surface area contributed by atoms with Crippen LogP contribution in [0.4, 0.5) is 11.4 Å². The molecule has 1 unspecified atom stereocenters. The number of nitrogens with two attached hydrogens (primary N) is 1. The summed E-state index contributed by atoms with van der Waals surface area (Å²) in [5.41, 5.74) is 9.50. The van der Waals surface area contributed by atoms with Gasteiger partial charge in [-0.15, -0.1) is 0 Å². The van der Waals surface area contributed by atoms with Crippen LogP contribution in [-0.2, 0) is 6.42 Å². The fourth-order valence-corrected chi connectivity index (χ4v) is 3.36. The Labute approximate surface area is 154 Å². The number of fused-ring (bicyclic) bond motifs is 1. The molecule has 0 radical (unpaired) electrons. The third-order valence-corrected chi connectivity index (χ3v) is 4.63. The largest absolute Gasteiger partial charge is 0.497 e. The van der Waals surface area contributed by atoms with E-state index in [1.807, 2.05) is 18.2 Å². The number of para-hydroxylation sites is 1. The van der Waals surface area contributed by atoms with E-state index in [0.717, 1.165) is 24.4 Å². The topological polar surface area (TPSA) is 72.1 Å². The van der Waals surface area contributed by atoms with Gasteiger partial charge in [-0.25, -0.2) is 0 Å². The molecular weight excluding hydrogens is 328 g/mol. The zero-order valence-corrected chi connectivity index (χ0v) is 15.5. The van der Waals surface area contributed by atoms with E-state index in [-0.39, 0.29) is 0 Å². The first-order chi connectivity index (χ1) is 12.6. The molecule has 0 aliphatic carbocycles. The van der Waals surface area contributed by atoms with E-state index in [9.17, 15) is 0 Å². The molecule has 2 aromatic carbocycles. The Morgan fingerprint density at radius 3 is 2.81 bits per heavy atom. The van der Waals surface area contributed by atoms with Crippen molar-refractivity contribution in [2.45, 2.75) is 6.42 Å². The molecule has 1 atom stereocenters. The molecule has 3 rings (SSSR count). The zero-order valence-electron chi connectivity index (χ0n) is 15.5. The third kappa shape index (κ3) is 4.02. The lowest BCUT2D eigenvalue weighted by molar-refractivity contribution is 0.405. The summed E-state index contributed by atoms with van der Waals surface area (Å²) in [5.74, 6) is 2.22. The normalized spacial score (nSPS) is 16.8. The van der Waals surface area contributed by atoms with E-state index in [2.05, 4.69) is 46.5 Å². The van der Waals surface area contributed by atoms with Gasteiger partial charge in [0.15, 0.2) is 5.96 Å². The average molecular weight is 354 g/mol. The van der Waals surface area contributed by atoms with Crippen molar-refractivity contribution in [3.8, 4) is 11.5 Å². The fourth-order valence-electron chi connectivity index (χ4n) is 3.36. The molecule has 1 heterocycles. The van der Waals surface area contributed by atoms with E-state index in [0.29, 0.717) is 24.2 Å². The molecule has 0 saturated heterocycles.